The number of rotatable bonds is 3. The van der Waals surface area contributed by atoms with Crippen molar-refractivity contribution in [3.63, 3.8) is 0 Å². The van der Waals surface area contributed by atoms with Gasteiger partial charge in [-0.15, -0.1) is 0 Å². The first kappa shape index (κ1) is 9.87. The molecule has 2 nitrogen and oxygen atoms in total. The molecule has 0 fully saturated rings. The van der Waals surface area contributed by atoms with Crippen LogP contribution in [-0.4, -0.2) is 16.7 Å². The van der Waals surface area contributed by atoms with Crippen LogP contribution >= 0.6 is 0 Å². The van der Waals surface area contributed by atoms with Gasteiger partial charge in [0, 0.05) is 24.9 Å². The Morgan fingerprint density at radius 1 is 1.00 bits per heavy atom. The van der Waals surface area contributed by atoms with Crippen molar-refractivity contribution in [1.29, 1.82) is 0 Å². The Morgan fingerprint density at radius 2 is 1.80 bits per heavy atom. The molecule has 0 atom stereocenters. The van der Waals surface area contributed by atoms with Crippen LogP contribution in [0.25, 0.3) is 11.1 Å². The maximum Gasteiger partial charge on any atom is 0.0486 e. The van der Waals surface area contributed by atoms with Crippen molar-refractivity contribution in [1.82, 2.24) is 4.98 Å². The SMILES string of the molecule is OCCc1cc(-c2ccccc2)ccn1. The molecule has 1 aromatic heterocycles. The van der Waals surface area contributed by atoms with Crippen molar-refractivity contribution in [2.45, 2.75) is 6.42 Å². The van der Waals surface area contributed by atoms with Gasteiger partial charge in [0.25, 0.3) is 0 Å². The average molecular weight is 199 g/mol. The van der Waals surface area contributed by atoms with E-state index in [-0.39, 0.29) is 6.61 Å². The monoisotopic (exact) mass is 199 g/mol. The van der Waals surface area contributed by atoms with E-state index in [9.17, 15) is 0 Å². The average Bonchev–Trinajstić information content (AvgIpc) is 2.31. The molecule has 0 bridgehead atoms. The van der Waals surface area contributed by atoms with Crippen LogP contribution in [0.2, 0.25) is 0 Å². The number of aliphatic hydroxyl groups is 1. The van der Waals surface area contributed by atoms with Gasteiger partial charge in [0.1, 0.15) is 0 Å². The molecule has 0 aliphatic heterocycles. The number of benzene rings is 1. The summed E-state index contributed by atoms with van der Waals surface area (Å²) in [5, 5.41) is 8.84. The zero-order chi connectivity index (χ0) is 10.5. The van der Waals surface area contributed by atoms with Crippen LogP contribution in [0.1, 0.15) is 5.69 Å². The van der Waals surface area contributed by atoms with Gasteiger partial charge in [-0.3, -0.25) is 4.98 Å². The summed E-state index contributed by atoms with van der Waals surface area (Å²) in [7, 11) is 0. The van der Waals surface area contributed by atoms with Crippen molar-refractivity contribution in [2.75, 3.05) is 6.61 Å². The predicted octanol–water partition coefficient (Wildman–Crippen LogP) is 2.28. The van der Waals surface area contributed by atoms with E-state index in [0.29, 0.717) is 6.42 Å². The third-order valence-corrected chi connectivity index (χ3v) is 2.29. The largest absolute Gasteiger partial charge is 0.396 e. The van der Waals surface area contributed by atoms with Gasteiger partial charge in [0.05, 0.1) is 0 Å². The van der Waals surface area contributed by atoms with Crippen LogP contribution < -0.4 is 0 Å². The van der Waals surface area contributed by atoms with Gasteiger partial charge < -0.3 is 5.11 Å². The quantitative estimate of drug-likeness (QED) is 0.822. The fourth-order valence-electron chi connectivity index (χ4n) is 1.54. The lowest BCUT2D eigenvalue weighted by Crippen LogP contribution is -1.94. The van der Waals surface area contributed by atoms with Crippen LogP contribution in [-0.2, 0) is 6.42 Å². The molecule has 0 aliphatic rings. The summed E-state index contributed by atoms with van der Waals surface area (Å²) >= 11 is 0. The number of nitrogens with zero attached hydrogens (tertiary/aromatic N) is 1. The fourth-order valence-corrected chi connectivity index (χ4v) is 1.54. The van der Waals surface area contributed by atoms with E-state index >= 15 is 0 Å². The molecule has 15 heavy (non-hydrogen) atoms. The van der Waals surface area contributed by atoms with E-state index in [1.54, 1.807) is 6.20 Å². The Bertz CT molecular complexity index is 426. The van der Waals surface area contributed by atoms with Gasteiger partial charge in [-0.2, -0.15) is 0 Å². The Hall–Kier alpha value is -1.67. The highest BCUT2D eigenvalue weighted by molar-refractivity contribution is 5.63. The smallest absolute Gasteiger partial charge is 0.0486 e. The minimum absolute atomic E-state index is 0.144. The highest BCUT2D eigenvalue weighted by Crippen LogP contribution is 2.18. The number of hydrogen-bond donors (Lipinski definition) is 1. The van der Waals surface area contributed by atoms with E-state index in [4.69, 9.17) is 5.11 Å². The van der Waals surface area contributed by atoms with Crippen LogP contribution in [0.4, 0.5) is 0 Å². The summed E-state index contributed by atoms with van der Waals surface area (Å²) in [6.07, 6.45) is 2.40. The molecule has 2 aromatic rings. The van der Waals surface area contributed by atoms with Gasteiger partial charge in [0.15, 0.2) is 0 Å². The topological polar surface area (TPSA) is 33.1 Å². The van der Waals surface area contributed by atoms with Crippen LogP contribution in [0, 0.1) is 0 Å². The number of hydrogen-bond acceptors (Lipinski definition) is 2. The molecule has 76 valence electrons. The fraction of sp³-hybridized carbons (Fsp3) is 0.154. The predicted molar refractivity (Wildman–Crippen MR) is 60.5 cm³/mol. The number of aliphatic hydroxyl groups excluding tert-OH is 1. The van der Waals surface area contributed by atoms with Crippen LogP contribution in [0.5, 0.6) is 0 Å². The Kier molecular flexibility index (Phi) is 3.10. The van der Waals surface area contributed by atoms with Gasteiger partial charge in [0.2, 0.25) is 0 Å². The molecular weight excluding hydrogens is 186 g/mol. The second-order valence-electron chi connectivity index (χ2n) is 3.38. The minimum atomic E-state index is 0.144. The number of pyridine rings is 1. The molecule has 0 unspecified atom stereocenters. The molecule has 0 spiro atoms. The maximum atomic E-state index is 8.84. The summed E-state index contributed by atoms with van der Waals surface area (Å²) in [5.74, 6) is 0. The van der Waals surface area contributed by atoms with Gasteiger partial charge in [-0.1, -0.05) is 30.3 Å². The number of aromatic nitrogens is 1. The zero-order valence-corrected chi connectivity index (χ0v) is 8.43. The lowest BCUT2D eigenvalue weighted by molar-refractivity contribution is 0.298. The summed E-state index contributed by atoms with van der Waals surface area (Å²) in [6, 6.07) is 14.2. The van der Waals surface area contributed by atoms with E-state index in [1.807, 2.05) is 30.3 Å². The zero-order valence-electron chi connectivity index (χ0n) is 8.43. The molecular formula is C13H13NO. The Morgan fingerprint density at radius 3 is 2.53 bits per heavy atom. The highest BCUT2D eigenvalue weighted by Gasteiger charge is 1.98. The maximum absolute atomic E-state index is 8.84. The molecule has 1 heterocycles. The van der Waals surface area contributed by atoms with E-state index in [2.05, 4.69) is 17.1 Å². The first-order valence-electron chi connectivity index (χ1n) is 5.01. The molecule has 0 radical (unpaired) electrons. The lowest BCUT2D eigenvalue weighted by Gasteiger charge is -2.03. The second kappa shape index (κ2) is 4.71. The van der Waals surface area contributed by atoms with E-state index in [0.717, 1.165) is 11.3 Å². The van der Waals surface area contributed by atoms with Crippen molar-refractivity contribution in [2.24, 2.45) is 0 Å². The molecule has 0 amide bonds. The van der Waals surface area contributed by atoms with Crippen LogP contribution in [0.3, 0.4) is 0 Å². The standard InChI is InChI=1S/C13H13NO/c15-9-7-13-10-12(6-8-14-13)11-4-2-1-3-5-11/h1-6,8,10,15H,7,9H2. The molecule has 1 N–H and O–H groups in total. The summed E-state index contributed by atoms with van der Waals surface area (Å²) < 4.78 is 0. The van der Waals surface area contributed by atoms with Crippen molar-refractivity contribution >= 4 is 0 Å². The molecule has 2 heteroatoms. The molecule has 1 aromatic carbocycles. The minimum Gasteiger partial charge on any atom is -0.396 e. The second-order valence-corrected chi connectivity index (χ2v) is 3.38. The van der Waals surface area contributed by atoms with Crippen LogP contribution in [0.15, 0.2) is 48.7 Å². The summed E-state index contributed by atoms with van der Waals surface area (Å²) in [4.78, 5) is 4.19. The molecule has 0 saturated carbocycles. The summed E-state index contributed by atoms with van der Waals surface area (Å²) in [6.45, 7) is 0.144. The van der Waals surface area contributed by atoms with Gasteiger partial charge in [-0.05, 0) is 23.3 Å². The van der Waals surface area contributed by atoms with Gasteiger partial charge >= 0.3 is 0 Å². The third kappa shape index (κ3) is 2.42. The normalized spacial score (nSPS) is 10.2. The molecule has 2 rings (SSSR count). The molecule has 0 aliphatic carbocycles. The highest BCUT2D eigenvalue weighted by atomic mass is 16.3. The lowest BCUT2D eigenvalue weighted by atomic mass is 10.1. The third-order valence-electron chi connectivity index (χ3n) is 2.29. The van der Waals surface area contributed by atoms with E-state index in [1.165, 1.54) is 5.56 Å². The van der Waals surface area contributed by atoms with Crippen molar-refractivity contribution < 1.29 is 5.11 Å². The molecule has 0 saturated heterocycles. The first-order chi connectivity index (χ1) is 7.40. The van der Waals surface area contributed by atoms with Crippen molar-refractivity contribution in [3.8, 4) is 11.1 Å². The summed E-state index contributed by atoms with van der Waals surface area (Å²) in [5.41, 5.74) is 3.26. The Labute approximate surface area is 89.2 Å². The van der Waals surface area contributed by atoms with Crippen molar-refractivity contribution in [3.05, 3.63) is 54.4 Å². The van der Waals surface area contributed by atoms with Gasteiger partial charge in [-0.25, -0.2) is 0 Å². The first-order valence-corrected chi connectivity index (χ1v) is 5.01. The Balaban J connectivity index is 2.33. The van der Waals surface area contributed by atoms with E-state index < -0.39 is 0 Å².